The van der Waals surface area contributed by atoms with Crippen LogP contribution in [0.2, 0.25) is 0 Å². The summed E-state index contributed by atoms with van der Waals surface area (Å²) in [5.41, 5.74) is 0.308. The highest BCUT2D eigenvalue weighted by atomic mass is 35.5. The Kier molecular flexibility index (Phi) is 4.30. The first kappa shape index (κ1) is 15.2. The number of rotatable bonds is 1. The predicted molar refractivity (Wildman–Crippen MR) is 72.7 cm³/mol. The largest absolute Gasteiger partial charge is 0.464 e. The molecule has 2 aromatic rings. The van der Waals surface area contributed by atoms with Gasteiger partial charge in [0.1, 0.15) is 5.58 Å². The summed E-state index contributed by atoms with van der Waals surface area (Å²) < 4.78 is 46.7. The molecule has 3 rings (SSSR count). The van der Waals surface area contributed by atoms with Crippen LogP contribution in [0.1, 0.15) is 24.8 Å². The number of piperidine rings is 1. The summed E-state index contributed by atoms with van der Waals surface area (Å²) >= 11 is 0. The molecule has 20 heavy (non-hydrogen) atoms. The van der Waals surface area contributed by atoms with E-state index in [1.54, 1.807) is 0 Å². The van der Waals surface area contributed by atoms with Crippen LogP contribution in [0.25, 0.3) is 11.0 Å². The minimum absolute atomic E-state index is 0. The SMILES string of the molecule is CC1CNCCC1c1c(F)c(F)c(F)c2ccoc12.Cl. The van der Waals surface area contributed by atoms with Crippen LogP contribution in [0.3, 0.4) is 0 Å². The van der Waals surface area contributed by atoms with Gasteiger partial charge >= 0.3 is 0 Å². The van der Waals surface area contributed by atoms with E-state index in [1.165, 1.54) is 12.3 Å². The molecule has 1 aliphatic heterocycles. The molecule has 0 saturated carbocycles. The number of nitrogens with one attached hydrogen (secondary N) is 1. The Bertz CT molecular complexity index is 628. The minimum atomic E-state index is -1.41. The second-order valence-electron chi connectivity index (χ2n) is 5.10. The van der Waals surface area contributed by atoms with Gasteiger partial charge in [-0.05, 0) is 37.4 Å². The molecule has 0 amide bonds. The van der Waals surface area contributed by atoms with Crippen LogP contribution in [0.4, 0.5) is 13.2 Å². The van der Waals surface area contributed by atoms with Gasteiger partial charge in [0.25, 0.3) is 0 Å². The van der Waals surface area contributed by atoms with Crippen molar-refractivity contribution in [1.29, 1.82) is 0 Å². The van der Waals surface area contributed by atoms with E-state index in [2.05, 4.69) is 5.32 Å². The topological polar surface area (TPSA) is 25.2 Å². The molecule has 6 heteroatoms. The standard InChI is InChI=1S/C14H14F3NO.ClH/c1-7-6-18-4-2-8(7)10-12(16)13(17)11(15)9-3-5-19-14(9)10;/h3,5,7-8,18H,2,4,6H2,1H3;1H. The Morgan fingerprint density at radius 1 is 1.20 bits per heavy atom. The summed E-state index contributed by atoms with van der Waals surface area (Å²) in [6.45, 7) is 3.42. The van der Waals surface area contributed by atoms with E-state index in [0.717, 1.165) is 13.1 Å². The van der Waals surface area contributed by atoms with Gasteiger partial charge in [-0.2, -0.15) is 0 Å². The highest BCUT2D eigenvalue weighted by molar-refractivity contribution is 5.85. The first-order valence-electron chi connectivity index (χ1n) is 6.35. The van der Waals surface area contributed by atoms with E-state index >= 15 is 0 Å². The van der Waals surface area contributed by atoms with Crippen LogP contribution in [-0.2, 0) is 0 Å². The molecule has 0 bridgehead atoms. The molecule has 1 saturated heterocycles. The molecule has 2 heterocycles. The van der Waals surface area contributed by atoms with Gasteiger partial charge in [0.05, 0.1) is 11.6 Å². The molecule has 1 N–H and O–H groups in total. The summed E-state index contributed by atoms with van der Waals surface area (Å²) in [5, 5.41) is 3.21. The van der Waals surface area contributed by atoms with Crippen molar-refractivity contribution in [2.75, 3.05) is 13.1 Å². The van der Waals surface area contributed by atoms with Gasteiger partial charge in [0, 0.05) is 5.56 Å². The van der Waals surface area contributed by atoms with Crippen LogP contribution in [0, 0.1) is 23.4 Å². The molecule has 2 nitrogen and oxygen atoms in total. The molecule has 1 fully saturated rings. The lowest BCUT2D eigenvalue weighted by Crippen LogP contribution is -2.34. The van der Waals surface area contributed by atoms with Crippen molar-refractivity contribution >= 4 is 23.4 Å². The van der Waals surface area contributed by atoms with Crippen molar-refractivity contribution < 1.29 is 17.6 Å². The van der Waals surface area contributed by atoms with Crippen molar-refractivity contribution in [2.24, 2.45) is 5.92 Å². The molecular weight excluding hydrogens is 291 g/mol. The molecule has 1 aromatic carbocycles. The van der Waals surface area contributed by atoms with E-state index in [9.17, 15) is 13.2 Å². The van der Waals surface area contributed by atoms with Crippen LogP contribution in [-0.4, -0.2) is 13.1 Å². The minimum Gasteiger partial charge on any atom is -0.464 e. The lowest BCUT2D eigenvalue weighted by Gasteiger charge is -2.30. The molecular formula is C14H15ClF3NO. The zero-order valence-corrected chi connectivity index (χ0v) is 11.7. The molecule has 1 aromatic heterocycles. The van der Waals surface area contributed by atoms with Crippen molar-refractivity contribution in [3.63, 3.8) is 0 Å². The van der Waals surface area contributed by atoms with Gasteiger partial charge in [0.15, 0.2) is 17.5 Å². The molecule has 0 aliphatic carbocycles. The molecule has 0 radical (unpaired) electrons. The van der Waals surface area contributed by atoms with Crippen LogP contribution in [0.5, 0.6) is 0 Å². The highest BCUT2D eigenvalue weighted by Gasteiger charge is 2.32. The maximum atomic E-state index is 14.1. The fraction of sp³-hybridized carbons (Fsp3) is 0.429. The summed E-state index contributed by atoms with van der Waals surface area (Å²) in [6.07, 6.45) is 1.95. The third-order valence-corrected chi connectivity index (χ3v) is 3.92. The van der Waals surface area contributed by atoms with Crippen molar-refractivity contribution in [2.45, 2.75) is 19.3 Å². The van der Waals surface area contributed by atoms with Gasteiger partial charge < -0.3 is 9.73 Å². The van der Waals surface area contributed by atoms with Gasteiger partial charge in [0.2, 0.25) is 0 Å². The molecule has 2 unspecified atom stereocenters. The van der Waals surface area contributed by atoms with Gasteiger partial charge in [-0.25, -0.2) is 13.2 Å². The second-order valence-corrected chi connectivity index (χ2v) is 5.10. The maximum Gasteiger partial charge on any atom is 0.195 e. The van der Waals surface area contributed by atoms with Crippen molar-refractivity contribution in [3.8, 4) is 0 Å². The zero-order valence-electron chi connectivity index (χ0n) is 10.9. The van der Waals surface area contributed by atoms with Crippen LogP contribution >= 0.6 is 12.4 Å². The van der Waals surface area contributed by atoms with E-state index in [1.807, 2.05) is 6.92 Å². The van der Waals surface area contributed by atoms with Gasteiger partial charge in [-0.1, -0.05) is 6.92 Å². The summed E-state index contributed by atoms with van der Waals surface area (Å²) in [5.74, 6) is -3.72. The van der Waals surface area contributed by atoms with Crippen LogP contribution in [0.15, 0.2) is 16.7 Å². The normalized spacial score (nSPS) is 22.8. The molecule has 110 valence electrons. The van der Waals surface area contributed by atoms with E-state index in [0.29, 0.717) is 6.42 Å². The van der Waals surface area contributed by atoms with Gasteiger partial charge in [-0.3, -0.25) is 0 Å². The zero-order chi connectivity index (χ0) is 13.6. The Hall–Kier alpha value is -1.20. The Labute approximate surface area is 120 Å². The number of hydrogen-bond acceptors (Lipinski definition) is 2. The van der Waals surface area contributed by atoms with E-state index in [-0.39, 0.29) is 40.8 Å². The highest BCUT2D eigenvalue weighted by Crippen LogP contribution is 2.39. The number of halogens is 4. The van der Waals surface area contributed by atoms with E-state index < -0.39 is 17.5 Å². The average Bonchev–Trinajstić information content (AvgIpc) is 2.87. The lowest BCUT2D eigenvalue weighted by molar-refractivity contribution is 0.334. The fourth-order valence-corrected chi connectivity index (χ4v) is 2.90. The number of hydrogen-bond donors (Lipinski definition) is 1. The number of furan rings is 1. The molecule has 0 spiro atoms. The van der Waals surface area contributed by atoms with Gasteiger partial charge in [-0.15, -0.1) is 12.4 Å². The monoisotopic (exact) mass is 305 g/mol. The van der Waals surface area contributed by atoms with E-state index in [4.69, 9.17) is 4.42 Å². The number of benzene rings is 1. The lowest BCUT2D eigenvalue weighted by atomic mass is 9.81. The third-order valence-electron chi connectivity index (χ3n) is 3.92. The average molecular weight is 306 g/mol. The van der Waals surface area contributed by atoms with Crippen molar-refractivity contribution in [1.82, 2.24) is 5.32 Å². The smallest absolute Gasteiger partial charge is 0.195 e. The summed E-state index contributed by atoms with van der Waals surface area (Å²) in [7, 11) is 0. The number of fused-ring (bicyclic) bond motifs is 1. The Morgan fingerprint density at radius 3 is 2.65 bits per heavy atom. The first-order valence-corrected chi connectivity index (χ1v) is 6.35. The van der Waals surface area contributed by atoms with Crippen molar-refractivity contribution in [3.05, 3.63) is 35.3 Å². The Balaban J connectivity index is 0.00000147. The summed E-state index contributed by atoms with van der Waals surface area (Å²) in [6, 6.07) is 1.34. The predicted octanol–water partition coefficient (Wildman–Crippen LogP) is 3.98. The third kappa shape index (κ3) is 2.19. The fourth-order valence-electron chi connectivity index (χ4n) is 2.90. The maximum absolute atomic E-state index is 14.1. The Morgan fingerprint density at radius 2 is 1.95 bits per heavy atom. The second kappa shape index (κ2) is 5.66. The quantitative estimate of drug-likeness (QED) is 0.806. The first-order chi connectivity index (χ1) is 9.11. The molecule has 2 atom stereocenters. The van der Waals surface area contributed by atoms with Crippen LogP contribution < -0.4 is 5.32 Å². The summed E-state index contributed by atoms with van der Waals surface area (Å²) in [4.78, 5) is 0. The molecule has 1 aliphatic rings.